The van der Waals surface area contributed by atoms with Crippen LogP contribution in [0.5, 0.6) is 17.2 Å². The van der Waals surface area contributed by atoms with Crippen molar-refractivity contribution in [2.24, 2.45) is 5.92 Å². The average molecular weight is 1760 g/mol. The Labute approximate surface area is 729 Å². The molecule has 122 heavy (non-hydrogen) atoms. The molecule has 652 valence electrons. The van der Waals surface area contributed by atoms with Gasteiger partial charge in [-0.2, -0.15) is 15.0 Å². The summed E-state index contributed by atoms with van der Waals surface area (Å²) in [6.45, 7) is 34.0. The monoisotopic (exact) mass is 1760 g/mol. The molecule has 1 aliphatic carbocycles. The number of ether oxygens (including phenoxy) is 3. The smallest absolute Gasteiger partial charge is 0.317 e. The van der Waals surface area contributed by atoms with E-state index in [0.29, 0.717) is 80.3 Å². The van der Waals surface area contributed by atoms with Crippen molar-refractivity contribution in [2.75, 3.05) is 226 Å². The maximum atomic E-state index is 12.8. The second kappa shape index (κ2) is 40.9. The number of hydrogen-bond donors (Lipinski definition) is 7. The fourth-order valence-electron chi connectivity index (χ4n) is 16.1. The summed E-state index contributed by atoms with van der Waals surface area (Å²) in [5.41, 5.74) is 8.81. The molecule has 5 saturated heterocycles. The number of benzene rings is 6. The van der Waals surface area contributed by atoms with Gasteiger partial charge in [-0.25, -0.2) is 19.7 Å². The van der Waals surface area contributed by atoms with Crippen molar-refractivity contribution in [3.63, 3.8) is 0 Å². The molecule has 0 unspecified atom stereocenters. The first-order valence-electron chi connectivity index (χ1n) is 42.2. The van der Waals surface area contributed by atoms with Gasteiger partial charge in [0.15, 0.2) is 11.6 Å². The Hall–Kier alpha value is -9.46. The predicted molar refractivity (Wildman–Crippen MR) is 504 cm³/mol. The summed E-state index contributed by atoms with van der Waals surface area (Å²) in [5.74, 6) is 5.77. The van der Waals surface area contributed by atoms with Crippen LogP contribution in [0.15, 0.2) is 146 Å². The Bertz CT molecular complexity index is 5210. The third-order valence-corrected chi connectivity index (χ3v) is 28.4. The fraction of sp³-hybridized carbons (Fsp3) is 0.449. The number of piperidine rings is 2. The van der Waals surface area contributed by atoms with Crippen LogP contribution in [0.3, 0.4) is 0 Å². The molecule has 1 saturated carbocycles. The zero-order valence-electron chi connectivity index (χ0n) is 72.6. The maximum Gasteiger partial charge on any atom is 0.317 e. The van der Waals surface area contributed by atoms with Gasteiger partial charge in [0.1, 0.15) is 54.5 Å². The minimum atomic E-state index is -2.52. The lowest BCUT2D eigenvalue weighted by Crippen LogP contribution is -2.56. The quantitative estimate of drug-likeness (QED) is 0.0248. The van der Waals surface area contributed by atoms with Gasteiger partial charge in [0.2, 0.25) is 17.8 Å². The number of aromatic nitrogens is 6. The van der Waals surface area contributed by atoms with E-state index < -0.39 is 21.4 Å². The van der Waals surface area contributed by atoms with Gasteiger partial charge in [0.25, 0.3) is 0 Å². The molecular formula is C89H120Cl2N21O7P3. The van der Waals surface area contributed by atoms with Crippen molar-refractivity contribution in [1.29, 1.82) is 0 Å². The van der Waals surface area contributed by atoms with E-state index in [1.807, 2.05) is 123 Å². The topological polar surface area (TPSA) is 283 Å². The summed E-state index contributed by atoms with van der Waals surface area (Å²) >= 11 is 12.8. The first-order valence-corrected chi connectivity index (χ1v) is 50.8. The van der Waals surface area contributed by atoms with Crippen molar-refractivity contribution in [3.05, 3.63) is 162 Å². The first-order chi connectivity index (χ1) is 58.5. The lowest BCUT2D eigenvalue weighted by molar-refractivity contribution is 0.0960. The number of rotatable bonds is 26. The van der Waals surface area contributed by atoms with E-state index in [1.165, 1.54) is 70.3 Å². The Morgan fingerprint density at radius 3 is 1.16 bits per heavy atom. The van der Waals surface area contributed by atoms with Gasteiger partial charge < -0.3 is 89.6 Å². The van der Waals surface area contributed by atoms with Crippen LogP contribution in [0.2, 0.25) is 10.0 Å². The van der Waals surface area contributed by atoms with Crippen molar-refractivity contribution >= 4 is 153 Å². The average Bonchev–Trinajstić information content (AvgIpc) is 0.931. The summed E-state index contributed by atoms with van der Waals surface area (Å²) in [4.78, 5) is 58.9. The standard InChI is InChI=1S/C32H44ClN8O3P.C30H42N7O2P.C27H34ClN6O2P/c1-22(2)35-32(42)41-18-16-40(17-19-41)23-12-14-39(15-13-23)24-10-11-26(28(20-24)44-3)37-31-34-21-25(33)30(38-31)36-27-8-6-7-9-29(27)45(4,5)43;1-22-21-31-30(34-29(22)32-26-8-6-7-9-28(26)40(4,5)38)33-25-11-10-24(20-27(25)39-3)36-14-12-23(13-15-36)37-18-16-35(2)17-19-37;1-36-24-16-20(34-14-12-33(13-15-34)18-19-8-9-19)10-11-22(24)31-27-29-17-21(28)26(32-27)30-23-6-4-5-7-25(23)37(2,3)35/h6-11,20-23H,12-19H2,1-5H3,(H,35,42)(H2,34,36,37,38);6-11,20-21,23H,12-19H2,1-5H3,(H2,31,32,33,34);4-7,10-11,16-17,19H,8-9,12-15,18H2,1-3H3,(H2,29,30,31,32). The molecule has 0 radical (unpaired) electrons. The number of methoxy groups -OCH3 is 3. The number of amides is 2. The lowest BCUT2D eigenvalue weighted by Gasteiger charge is -2.43. The van der Waals surface area contributed by atoms with Crippen LogP contribution in [0, 0.1) is 12.8 Å². The Morgan fingerprint density at radius 1 is 0.434 bits per heavy atom. The van der Waals surface area contributed by atoms with E-state index >= 15 is 0 Å². The third-order valence-electron chi connectivity index (χ3n) is 23.2. The number of halogens is 2. The molecule has 6 aliphatic rings. The first kappa shape index (κ1) is 90.3. The molecule has 2 amide bonds. The summed E-state index contributed by atoms with van der Waals surface area (Å²) in [5, 5.41) is 25.7. The molecule has 33 heteroatoms. The lowest BCUT2D eigenvalue weighted by atomic mass is 10.0. The number of piperazine rings is 3. The molecule has 0 spiro atoms. The second-order valence-electron chi connectivity index (χ2n) is 33.6. The largest absolute Gasteiger partial charge is 0.494 e. The van der Waals surface area contributed by atoms with E-state index in [2.05, 4.69) is 134 Å². The van der Waals surface area contributed by atoms with Gasteiger partial charge in [-0.05, 0) is 185 Å². The number of para-hydroxylation sites is 3. The highest BCUT2D eigenvalue weighted by atomic mass is 35.5. The second-order valence-corrected chi connectivity index (χ2v) is 44.0. The number of aryl methyl sites for hydroxylation is 1. The van der Waals surface area contributed by atoms with Gasteiger partial charge in [0, 0.05) is 192 Å². The van der Waals surface area contributed by atoms with Gasteiger partial charge in [0.05, 0.1) is 67.8 Å². The molecule has 6 aromatic carbocycles. The van der Waals surface area contributed by atoms with Gasteiger partial charge in [-0.1, -0.05) is 59.6 Å². The van der Waals surface area contributed by atoms with E-state index in [-0.39, 0.29) is 12.1 Å². The number of anilines is 15. The van der Waals surface area contributed by atoms with Crippen molar-refractivity contribution in [1.82, 2.24) is 59.7 Å². The number of carbonyl (C=O) groups excluding carboxylic acids is 1. The van der Waals surface area contributed by atoms with Crippen molar-refractivity contribution < 1.29 is 32.7 Å². The van der Waals surface area contributed by atoms with Gasteiger partial charge >= 0.3 is 6.03 Å². The van der Waals surface area contributed by atoms with E-state index in [4.69, 9.17) is 42.4 Å². The van der Waals surface area contributed by atoms with Crippen molar-refractivity contribution in [3.8, 4) is 17.2 Å². The minimum absolute atomic E-state index is 0.0397. The number of nitrogens with one attached hydrogen (secondary N) is 7. The number of nitrogens with zero attached hydrogens (tertiary/aromatic N) is 14. The van der Waals surface area contributed by atoms with E-state index in [0.717, 1.165) is 159 Å². The van der Waals surface area contributed by atoms with Gasteiger partial charge in [-0.3, -0.25) is 14.7 Å². The summed E-state index contributed by atoms with van der Waals surface area (Å²) in [7, 11) is -0.262. The molecule has 9 aromatic rings. The Balaban J connectivity index is 0.000000158. The number of urea groups is 1. The van der Waals surface area contributed by atoms with Crippen LogP contribution < -0.4 is 82.0 Å². The zero-order valence-corrected chi connectivity index (χ0v) is 76.8. The molecule has 5 aliphatic heterocycles. The number of hydrogen-bond acceptors (Lipinski definition) is 26. The highest BCUT2D eigenvalue weighted by molar-refractivity contribution is 7.71. The van der Waals surface area contributed by atoms with Gasteiger partial charge in [-0.15, -0.1) is 0 Å². The van der Waals surface area contributed by atoms with Crippen LogP contribution in [-0.2, 0) is 13.7 Å². The maximum absolute atomic E-state index is 12.8. The summed E-state index contributed by atoms with van der Waals surface area (Å²) in [6.07, 6.45) is 12.2. The van der Waals surface area contributed by atoms with Crippen LogP contribution >= 0.6 is 44.6 Å². The summed E-state index contributed by atoms with van der Waals surface area (Å²) < 4.78 is 55.6. The normalized spacial score (nSPS) is 16.9. The molecule has 15 rings (SSSR count). The molecule has 8 heterocycles. The molecule has 7 N–H and O–H groups in total. The Morgan fingerprint density at radius 2 is 0.787 bits per heavy atom. The van der Waals surface area contributed by atoms with E-state index in [1.54, 1.807) is 73.7 Å². The van der Waals surface area contributed by atoms with Crippen LogP contribution in [0.25, 0.3) is 0 Å². The SMILES string of the molecule is COc1cc(N2CCC(N3CCN(C(=O)NC(C)C)CC3)CC2)ccc1Nc1ncc(Cl)c(Nc2ccccc2P(C)(C)=O)n1.COc1cc(N2CCC(N3CCN(C)CC3)CC2)ccc1Nc1ncc(C)c(Nc2ccccc2P(C)(C)=O)n1.COc1cc(N2CCN(CC3CC3)CC2)ccc1Nc1ncc(Cl)c(Nc2ccccc2P(C)(C)=O)n1. The Kier molecular flexibility index (Phi) is 30.3. The molecule has 28 nitrogen and oxygen atoms in total. The third kappa shape index (κ3) is 24.1. The van der Waals surface area contributed by atoms with Crippen LogP contribution in [0.1, 0.15) is 57.9 Å². The highest BCUT2D eigenvalue weighted by Crippen LogP contribution is 2.44. The number of carbonyl (C=O) groups is 1. The van der Waals surface area contributed by atoms with Crippen LogP contribution in [-0.4, -0.2) is 258 Å². The van der Waals surface area contributed by atoms with E-state index in [9.17, 15) is 18.5 Å². The molecule has 0 atom stereocenters. The minimum Gasteiger partial charge on any atom is -0.494 e. The highest BCUT2D eigenvalue weighted by Gasteiger charge is 2.33. The molecule has 6 fully saturated rings. The van der Waals surface area contributed by atoms with Crippen LogP contribution in [0.4, 0.5) is 91.3 Å². The fourth-order valence-corrected chi connectivity index (χ4v) is 19.9. The predicted octanol–water partition coefficient (Wildman–Crippen LogP) is 15.7. The zero-order chi connectivity index (χ0) is 86.4. The summed E-state index contributed by atoms with van der Waals surface area (Å²) in [6, 6.07) is 42.6. The number of likely N-dealkylation sites (N-methyl/N-ethyl adjacent to an activating group) is 1. The molecular weight excluding hydrogens is 1640 g/mol. The molecule has 0 bridgehead atoms. The van der Waals surface area contributed by atoms with Crippen molar-refractivity contribution in [2.45, 2.75) is 77.4 Å². The molecule has 3 aromatic heterocycles.